The standard InChI is InChI=1S/C10H8.C3H5.Na/c1-2-6-10-8-4-3-7-9(10)5-1;1-3-2;/h1-8H;3H,1-2H2;. The number of allylic oxidation sites excluding steroid dienone is 1. The fraction of sp³-hybridized carbons (Fsp3) is 0.0769. The fourth-order valence-corrected chi connectivity index (χ4v) is 1.13. The Hall–Kier alpha value is -0.560. The van der Waals surface area contributed by atoms with Crippen molar-refractivity contribution in [2.45, 2.75) is 3.67 Å². The van der Waals surface area contributed by atoms with Crippen molar-refractivity contribution in [1.82, 2.24) is 0 Å². The topological polar surface area (TPSA) is 0 Å². The van der Waals surface area contributed by atoms with Crippen molar-refractivity contribution in [3.8, 4) is 0 Å². The molecule has 0 N–H and O–H groups in total. The maximum absolute atomic E-state index is 3.51. The first kappa shape index (κ1) is 11.5. The van der Waals surface area contributed by atoms with Crippen LogP contribution in [-0.2, 0) is 0 Å². The summed E-state index contributed by atoms with van der Waals surface area (Å²) in [6.45, 7) is 3.51. The first-order valence-electron chi connectivity index (χ1n) is 4.93. The second-order valence-corrected chi connectivity index (χ2v) is 3.86. The zero-order valence-corrected chi connectivity index (χ0v) is 10.6. The average molecular weight is 192 g/mol. The molecule has 0 heterocycles. The number of hydrogen-bond donors (Lipinski definition) is 0. The van der Waals surface area contributed by atoms with Crippen molar-refractivity contribution in [3.63, 3.8) is 0 Å². The SMILES string of the molecule is C=C[CH2][Na].c1ccc2ccccc2c1. The minimum absolute atomic E-state index is 1.22. The first-order chi connectivity index (χ1) is 6.88. The molecule has 0 amide bonds. The first-order valence-corrected chi connectivity index (χ1v) is 6.34. The van der Waals surface area contributed by atoms with Crippen molar-refractivity contribution < 1.29 is 0 Å². The molecule has 2 aromatic rings. The summed E-state index contributed by atoms with van der Waals surface area (Å²) in [7, 11) is 0. The minimum Gasteiger partial charge on any atom is -0.0616 e. The molecule has 0 atom stereocenters. The Morgan fingerprint density at radius 1 is 0.929 bits per heavy atom. The van der Waals surface area contributed by atoms with Gasteiger partial charge in [0.25, 0.3) is 0 Å². The van der Waals surface area contributed by atoms with Gasteiger partial charge in [-0.25, -0.2) is 0 Å². The number of rotatable bonds is 1. The molecule has 0 radical (unpaired) electrons. The molecule has 0 aliphatic heterocycles. The maximum atomic E-state index is 3.51. The van der Waals surface area contributed by atoms with E-state index in [9.17, 15) is 0 Å². The number of hydrogen-bond acceptors (Lipinski definition) is 0. The largest absolute Gasteiger partial charge is 0.0616 e. The number of fused-ring (bicyclic) bond motifs is 1. The zero-order chi connectivity index (χ0) is 10.2. The molecule has 0 aliphatic rings. The molecule has 0 fully saturated rings. The summed E-state index contributed by atoms with van der Waals surface area (Å²) in [5.41, 5.74) is 0. The third-order valence-corrected chi connectivity index (χ3v) is 2.52. The van der Waals surface area contributed by atoms with E-state index in [0.717, 1.165) is 0 Å². The smallest absolute Gasteiger partial charge is 0.0184 e. The molecule has 2 rings (SSSR count). The van der Waals surface area contributed by atoms with Crippen LogP contribution >= 0.6 is 0 Å². The van der Waals surface area contributed by atoms with Gasteiger partial charge in [0.1, 0.15) is 0 Å². The van der Waals surface area contributed by atoms with Crippen molar-refractivity contribution in [3.05, 3.63) is 61.2 Å². The van der Waals surface area contributed by atoms with Crippen molar-refractivity contribution in [2.75, 3.05) is 0 Å². The maximum Gasteiger partial charge on any atom is -0.0184 e. The average Bonchev–Trinajstić information content (AvgIpc) is 2.30. The van der Waals surface area contributed by atoms with E-state index in [2.05, 4.69) is 55.1 Å². The van der Waals surface area contributed by atoms with Crippen LogP contribution in [0.1, 0.15) is 0 Å². The van der Waals surface area contributed by atoms with Gasteiger partial charge in [0.05, 0.1) is 0 Å². The summed E-state index contributed by atoms with van der Waals surface area (Å²) in [5, 5.41) is 2.62. The van der Waals surface area contributed by atoms with Gasteiger partial charge in [0, 0.05) is 0 Å². The van der Waals surface area contributed by atoms with Crippen LogP contribution in [0.5, 0.6) is 0 Å². The van der Waals surface area contributed by atoms with Crippen LogP contribution in [0.2, 0.25) is 3.67 Å². The van der Waals surface area contributed by atoms with Gasteiger partial charge in [-0.05, 0) is 10.8 Å². The monoisotopic (exact) mass is 192 g/mol. The quantitative estimate of drug-likeness (QED) is 0.478. The van der Waals surface area contributed by atoms with Gasteiger partial charge in [0.2, 0.25) is 0 Å². The van der Waals surface area contributed by atoms with Gasteiger partial charge in [-0.1, -0.05) is 48.5 Å². The summed E-state index contributed by atoms with van der Waals surface area (Å²) in [5.74, 6) is 0. The summed E-state index contributed by atoms with van der Waals surface area (Å²) in [6.07, 6.45) is 1.94. The molecule has 1 heteroatoms. The van der Waals surface area contributed by atoms with Crippen LogP contribution in [0.15, 0.2) is 61.2 Å². The number of benzene rings is 2. The molecule has 0 spiro atoms. The van der Waals surface area contributed by atoms with Gasteiger partial charge in [-0.15, -0.1) is 0 Å². The van der Waals surface area contributed by atoms with Crippen LogP contribution in [0.3, 0.4) is 0 Å². The van der Waals surface area contributed by atoms with E-state index in [4.69, 9.17) is 0 Å². The fourth-order valence-electron chi connectivity index (χ4n) is 1.13. The van der Waals surface area contributed by atoms with E-state index < -0.39 is 0 Å². The second-order valence-electron chi connectivity index (χ2n) is 3.04. The Balaban J connectivity index is 0.000000213. The summed E-state index contributed by atoms with van der Waals surface area (Å²) in [4.78, 5) is 0. The summed E-state index contributed by atoms with van der Waals surface area (Å²) >= 11 is 1.27. The molecule has 0 aliphatic carbocycles. The van der Waals surface area contributed by atoms with E-state index in [1.807, 2.05) is 6.08 Å². The molecule has 0 nitrogen and oxygen atoms in total. The minimum atomic E-state index is 1.22. The Morgan fingerprint density at radius 2 is 1.21 bits per heavy atom. The van der Waals surface area contributed by atoms with E-state index in [0.29, 0.717) is 0 Å². The van der Waals surface area contributed by atoms with Crippen LogP contribution in [-0.4, -0.2) is 27.9 Å². The van der Waals surface area contributed by atoms with E-state index in [-0.39, 0.29) is 0 Å². The van der Waals surface area contributed by atoms with Crippen molar-refractivity contribution in [2.24, 2.45) is 0 Å². The molecule has 0 saturated heterocycles. The Bertz CT molecular complexity index is 328. The second kappa shape index (κ2) is 6.83. The van der Waals surface area contributed by atoms with E-state index in [1.165, 1.54) is 42.4 Å². The third kappa shape index (κ3) is 3.67. The normalized spacial score (nSPS) is 9.00. The molecule has 0 unspecified atom stereocenters. The van der Waals surface area contributed by atoms with Gasteiger partial charge in [0.15, 0.2) is 0 Å². The molecule has 0 aromatic heterocycles. The van der Waals surface area contributed by atoms with Crippen LogP contribution in [0.4, 0.5) is 0 Å². The molecule has 66 valence electrons. The van der Waals surface area contributed by atoms with Gasteiger partial charge < -0.3 is 0 Å². The predicted octanol–water partition coefficient (Wildman–Crippen LogP) is 3.60. The molecular weight excluding hydrogens is 179 g/mol. The Morgan fingerprint density at radius 3 is 1.43 bits per heavy atom. The molecule has 0 saturated carbocycles. The molecule has 14 heavy (non-hydrogen) atoms. The van der Waals surface area contributed by atoms with Gasteiger partial charge in [-0.2, -0.15) is 0 Å². The van der Waals surface area contributed by atoms with Crippen LogP contribution < -0.4 is 0 Å². The zero-order valence-electron chi connectivity index (χ0n) is 8.61. The van der Waals surface area contributed by atoms with Crippen molar-refractivity contribution in [1.29, 1.82) is 0 Å². The van der Waals surface area contributed by atoms with Crippen LogP contribution in [0.25, 0.3) is 10.8 Å². The summed E-state index contributed by atoms with van der Waals surface area (Å²) < 4.78 is 1.22. The van der Waals surface area contributed by atoms with Gasteiger partial charge in [-0.3, -0.25) is 0 Å². The van der Waals surface area contributed by atoms with E-state index >= 15 is 0 Å². The third-order valence-electron chi connectivity index (χ3n) is 1.95. The van der Waals surface area contributed by atoms with Crippen LogP contribution in [0, 0.1) is 0 Å². The van der Waals surface area contributed by atoms with Gasteiger partial charge >= 0.3 is 44.3 Å². The molecular formula is C13H13Na. The van der Waals surface area contributed by atoms with Crippen molar-refractivity contribution >= 4 is 38.7 Å². The Labute approximate surface area is 103 Å². The molecule has 0 bridgehead atoms. The van der Waals surface area contributed by atoms with E-state index in [1.54, 1.807) is 0 Å². The summed E-state index contributed by atoms with van der Waals surface area (Å²) in [6, 6.07) is 16.7. The Kier molecular flexibility index (Phi) is 5.62. The predicted molar refractivity (Wildman–Crippen MR) is 64.7 cm³/mol. The molecule has 2 aromatic carbocycles.